The Morgan fingerprint density at radius 2 is 2.00 bits per heavy atom. The summed E-state index contributed by atoms with van der Waals surface area (Å²) in [6.45, 7) is 1.70. The van der Waals surface area contributed by atoms with Gasteiger partial charge in [-0.3, -0.25) is 10.1 Å². The number of nitro groups is 1. The summed E-state index contributed by atoms with van der Waals surface area (Å²) in [5.74, 6) is 0. The van der Waals surface area contributed by atoms with Crippen LogP contribution >= 0.6 is 0 Å². The van der Waals surface area contributed by atoms with Gasteiger partial charge in [-0.1, -0.05) is 19.1 Å². The molecule has 1 aliphatic heterocycles. The zero-order valence-electron chi connectivity index (χ0n) is 10.3. The molecule has 1 aliphatic rings. The molecular formula is C11H14N2O5S. The fourth-order valence-corrected chi connectivity index (χ4v) is 3.73. The fourth-order valence-electron chi connectivity index (χ4n) is 1.97. The first-order valence-corrected chi connectivity index (χ1v) is 7.20. The smallest absolute Gasteiger partial charge is 0.289 e. The van der Waals surface area contributed by atoms with Crippen molar-refractivity contribution in [1.82, 2.24) is 4.31 Å². The largest absolute Gasteiger partial charge is 0.387 e. The molecule has 1 aromatic rings. The average molecular weight is 286 g/mol. The predicted molar refractivity (Wildman–Crippen MR) is 67.1 cm³/mol. The second-order valence-corrected chi connectivity index (χ2v) is 6.48. The monoisotopic (exact) mass is 286 g/mol. The standard InChI is InChI=1S/C11H14N2O5S/c1-2-11(14)7-12(8-11)19(17,18)10-6-4-3-5-9(10)13(15)16/h3-6,14H,2,7-8H2,1H3. The molecule has 0 atom stereocenters. The van der Waals surface area contributed by atoms with E-state index in [1.165, 1.54) is 18.2 Å². The van der Waals surface area contributed by atoms with Gasteiger partial charge in [0.15, 0.2) is 4.90 Å². The van der Waals surface area contributed by atoms with E-state index in [4.69, 9.17) is 0 Å². The van der Waals surface area contributed by atoms with E-state index in [1.54, 1.807) is 6.92 Å². The maximum atomic E-state index is 12.3. The van der Waals surface area contributed by atoms with E-state index in [0.717, 1.165) is 10.4 Å². The molecule has 0 unspecified atom stereocenters. The molecule has 0 aromatic heterocycles. The van der Waals surface area contributed by atoms with Crippen molar-refractivity contribution in [3.05, 3.63) is 34.4 Å². The van der Waals surface area contributed by atoms with Gasteiger partial charge in [0.05, 0.1) is 10.5 Å². The Kier molecular flexibility index (Phi) is 3.33. The lowest BCUT2D eigenvalue weighted by Gasteiger charge is -2.44. The average Bonchev–Trinajstić information content (AvgIpc) is 2.34. The zero-order valence-corrected chi connectivity index (χ0v) is 11.1. The van der Waals surface area contributed by atoms with E-state index < -0.39 is 26.2 Å². The summed E-state index contributed by atoms with van der Waals surface area (Å²) >= 11 is 0. The highest BCUT2D eigenvalue weighted by atomic mass is 32.2. The minimum Gasteiger partial charge on any atom is -0.387 e. The van der Waals surface area contributed by atoms with Crippen LogP contribution in [0, 0.1) is 10.1 Å². The highest BCUT2D eigenvalue weighted by Gasteiger charge is 2.47. The first-order chi connectivity index (χ1) is 8.80. The Morgan fingerprint density at radius 3 is 2.53 bits per heavy atom. The van der Waals surface area contributed by atoms with Crippen molar-refractivity contribution in [2.75, 3.05) is 13.1 Å². The number of nitro benzene ring substituents is 1. The van der Waals surface area contributed by atoms with Gasteiger partial charge in [0, 0.05) is 19.2 Å². The molecule has 0 radical (unpaired) electrons. The Balaban J connectivity index is 2.35. The lowest BCUT2D eigenvalue weighted by Crippen LogP contribution is -2.62. The zero-order chi connectivity index (χ0) is 14.3. The van der Waals surface area contributed by atoms with E-state index in [-0.39, 0.29) is 18.0 Å². The fraction of sp³-hybridized carbons (Fsp3) is 0.455. The van der Waals surface area contributed by atoms with Crippen LogP contribution in [-0.4, -0.2) is 41.4 Å². The van der Waals surface area contributed by atoms with Gasteiger partial charge < -0.3 is 5.11 Å². The predicted octanol–water partition coefficient (Wildman–Crippen LogP) is 0.740. The summed E-state index contributed by atoms with van der Waals surface area (Å²) in [4.78, 5) is 9.80. The van der Waals surface area contributed by atoms with Crippen molar-refractivity contribution >= 4 is 15.7 Å². The summed E-state index contributed by atoms with van der Waals surface area (Å²) in [7, 11) is -3.93. The van der Waals surface area contributed by atoms with Crippen LogP contribution in [0.5, 0.6) is 0 Å². The molecule has 1 fully saturated rings. The SMILES string of the molecule is CCC1(O)CN(S(=O)(=O)c2ccccc2[N+](=O)[O-])C1. The highest BCUT2D eigenvalue weighted by Crippen LogP contribution is 2.33. The number of aliphatic hydroxyl groups is 1. The minimum atomic E-state index is -3.93. The molecule has 0 saturated carbocycles. The number of benzene rings is 1. The van der Waals surface area contributed by atoms with Crippen LogP contribution in [0.2, 0.25) is 0 Å². The highest BCUT2D eigenvalue weighted by molar-refractivity contribution is 7.89. The quantitative estimate of drug-likeness (QED) is 0.650. The van der Waals surface area contributed by atoms with Gasteiger partial charge in [-0.2, -0.15) is 4.31 Å². The molecule has 7 nitrogen and oxygen atoms in total. The third kappa shape index (κ3) is 2.34. The maximum absolute atomic E-state index is 12.3. The summed E-state index contributed by atoms with van der Waals surface area (Å²) in [5.41, 5.74) is -1.47. The van der Waals surface area contributed by atoms with E-state index >= 15 is 0 Å². The molecule has 0 spiro atoms. The molecule has 104 valence electrons. The summed E-state index contributed by atoms with van der Waals surface area (Å²) in [6.07, 6.45) is 0.440. The van der Waals surface area contributed by atoms with E-state index in [1.807, 2.05) is 0 Å². The van der Waals surface area contributed by atoms with Gasteiger partial charge in [0.2, 0.25) is 10.0 Å². The van der Waals surface area contributed by atoms with Crippen LogP contribution in [0.4, 0.5) is 5.69 Å². The summed E-state index contributed by atoms with van der Waals surface area (Å²) < 4.78 is 25.6. The van der Waals surface area contributed by atoms with Crippen molar-refractivity contribution in [2.45, 2.75) is 23.8 Å². The van der Waals surface area contributed by atoms with Gasteiger partial charge >= 0.3 is 0 Å². The Hall–Kier alpha value is -1.51. The Morgan fingerprint density at radius 1 is 1.42 bits per heavy atom. The molecule has 8 heteroatoms. The van der Waals surface area contributed by atoms with Crippen molar-refractivity contribution in [3.8, 4) is 0 Å². The van der Waals surface area contributed by atoms with Gasteiger partial charge in [-0.05, 0) is 12.5 Å². The molecule has 1 saturated heterocycles. The second kappa shape index (κ2) is 4.55. The third-order valence-electron chi connectivity index (χ3n) is 3.28. The summed E-state index contributed by atoms with van der Waals surface area (Å²) in [6, 6.07) is 5.21. The van der Waals surface area contributed by atoms with Crippen molar-refractivity contribution in [2.24, 2.45) is 0 Å². The van der Waals surface area contributed by atoms with Crippen LogP contribution in [0.15, 0.2) is 29.2 Å². The first kappa shape index (κ1) is 13.9. The minimum absolute atomic E-state index is 0.0299. The lowest BCUT2D eigenvalue weighted by molar-refractivity contribution is -0.387. The van der Waals surface area contributed by atoms with Crippen LogP contribution in [0.3, 0.4) is 0 Å². The molecule has 1 N–H and O–H groups in total. The number of para-hydroxylation sites is 1. The van der Waals surface area contributed by atoms with Gasteiger partial charge in [0.25, 0.3) is 5.69 Å². The normalized spacial score (nSPS) is 18.8. The number of hydrogen-bond acceptors (Lipinski definition) is 5. The van der Waals surface area contributed by atoms with E-state index in [2.05, 4.69) is 0 Å². The van der Waals surface area contributed by atoms with E-state index in [9.17, 15) is 23.6 Å². The van der Waals surface area contributed by atoms with Crippen LogP contribution in [0.1, 0.15) is 13.3 Å². The molecule has 1 aromatic carbocycles. The Labute approximate surface area is 110 Å². The topological polar surface area (TPSA) is 101 Å². The summed E-state index contributed by atoms with van der Waals surface area (Å²) in [5, 5.41) is 20.7. The molecule has 19 heavy (non-hydrogen) atoms. The molecular weight excluding hydrogens is 272 g/mol. The number of rotatable bonds is 4. The van der Waals surface area contributed by atoms with Crippen molar-refractivity contribution in [1.29, 1.82) is 0 Å². The molecule has 2 rings (SSSR count). The first-order valence-electron chi connectivity index (χ1n) is 5.76. The number of sulfonamides is 1. The van der Waals surface area contributed by atoms with Crippen molar-refractivity contribution < 1.29 is 18.4 Å². The number of β-amino-alcohol motifs (C(OH)–C–C–N with tert-alkyl or cyclic N) is 1. The second-order valence-electron chi connectivity index (χ2n) is 4.58. The van der Waals surface area contributed by atoms with Crippen LogP contribution in [-0.2, 0) is 10.0 Å². The van der Waals surface area contributed by atoms with Gasteiger partial charge in [-0.25, -0.2) is 8.42 Å². The number of hydrogen-bond donors (Lipinski definition) is 1. The molecule has 0 amide bonds. The van der Waals surface area contributed by atoms with Gasteiger partial charge in [0.1, 0.15) is 0 Å². The molecule has 0 bridgehead atoms. The molecule has 0 aliphatic carbocycles. The van der Waals surface area contributed by atoms with Crippen molar-refractivity contribution in [3.63, 3.8) is 0 Å². The van der Waals surface area contributed by atoms with Gasteiger partial charge in [-0.15, -0.1) is 0 Å². The third-order valence-corrected chi connectivity index (χ3v) is 5.12. The Bertz CT molecular complexity index is 607. The lowest BCUT2D eigenvalue weighted by atomic mass is 9.94. The molecule has 1 heterocycles. The van der Waals surface area contributed by atoms with E-state index in [0.29, 0.717) is 6.42 Å². The number of nitrogens with zero attached hydrogens (tertiary/aromatic N) is 2. The van der Waals surface area contributed by atoms with Crippen LogP contribution in [0.25, 0.3) is 0 Å². The maximum Gasteiger partial charge on any atom is 0.289 e. The van der Waals surface area contributed by atoms with Crippen LogP contribution < -0.4 is 0 Å².